The van der Waals surface area contributed by atoms with Crippen LogP contribution in [0.25, 0.3) is 11.1 Å². The number of nitro groups is 2. The number of nitrogens with zero attached hydrogens (tertiary/aromatic N) is 2. The van der Waals surface area contributed by atoms with Gasteiger partial charge in [0.1, 0.15) is 11.1 Å². The zero-order valence-electron chi connectivity index (χ0n) is 8.42. The van der Waals surface area contributed by atoms with Crippen LogP contribution in [0.5, 0.6) is 0 Å². The lowest BCUT2D eigenvalue weighted by Gasteiger charge is -1.98. The van der Waals surface area contributed by atoms with E-state index in [1.165, 1.54) is 6.92 Å². The van der Waals surface area contributed by atoms with Crippen LogP contribution >= 0.6 is 0 Å². The number of benzene rings is 1. The van der Waals surface area contributed by atoms with Gasteiger partial charge >= 0.3 is 11.4 Å². The number of hydrogen-bond donors (Lipinski definition) is 1. The molecule has 2 aromatic rings. The molecule has 0 spiro atoms. The molecule has 0 aliphatic heterocycles. The maximum atomic E-state index is 10.9. The molecule has 0 bridgehead atoms. The molecule has 0 radical (unpaired) electrons. The fraction of sp³-hybridized carbons (Fsp3) is 0.125. The van der Waals surface area contributed by atoms with Crippen molar-refractivity contribution in [1.29, 1.82) is 0 Å². The van der Waals surface area contributed by atoms with Gasteiger partial charge in [0.05, 0.1) is 9.85 Å². The Balaban J connectivity index is 2.99. The maximum absolute atomic E-state index is 10.9. The van der Waals surface area contributed by atoms with Crippen molar-refractivity contribution in [1.82, 2.24) is 4.98 Å². The van der Waals surface area contributed by atoms with Crippen LogP contribution in [0, 0.1) is 27.2 Å². The van der Waals surface area contributed by atoms with Crippen molar-refractivity contribution < 1.29 is 14.3 Å². The minimum Gasteiger partial charge on any atom is -0.400 e. The van der Waals surface area contributed by atoms with E-state index >= 15 is 0 Å². The van der Waals surface area contributed by atoms with E-state index in [-0.39, 0.29) is 16.7 Å². The van der Waals surface area contributed by atoms with Gasteiger partial charge in [-0.15, -0.1) is 0 Å². The Morgan fingerprint density at radius 2 is 1.94 bits per heavy atom. The fourth-order valence-electron chi connectivity index (χ4n) is 1.56. The predicted molar refractivity (Wildman–Crippen MR) is 54.9 cm³/mol. The van der Waals surface area contributed by atoms with Gasteiger partial charge in [-0.25, -0.2) is 4.79 Å². The van der Waals surface area contributed by atoms with Gasteiger partial charge in [0.15, 0.2) is 0 Å². The summed E-state index contributed by atoms with van der Waals surface area (Å²) >= 11 is 0. The third-order valence-corrected chi connectivity index (χ3v) is 2.29. The second-order valence-electron chi connectivity index (χ2n) is 3.27. The number of nitro benzene ring substituents is 2. The number of H-pyrrole nitrogens is 1. The third-order valence-electron chi connectivity index (χ3n) is 2.29. The van der Waals surface area contributed by atoms with Crippen molar-refractivity contribution in [2.45, 2.75) is 6.92 Å². The lowest BCUT2D eigenvalue weighted by Crippen LogP contribution is -1.98. The summed E-state index contributed by atoms with van der Waals surface area (Å²) in [5, 5.41) is 21.5. The largest absolute Gasteiger partial charge is 0.417 e. The Bertz CT molecular complexity index is 697. The number of nitrogens with one attached hydrogen (secondary N) is 1. The maximum Gasteiger partial charge on any atom is 0.417 e. The Labute approximate surface area is 92.0 Å². The van der Waals surface area contributed by atoms with Crippen LogP contribution < -0.4 is 5.76 Å². The molecule has 0 saturated carbocycles. The second kappa shape index (κ2) is 3.40. The lowest BCUT2D eigenvalue weighted by molar-refractivity contribution is -0.394. The highest BCUT2D eigenvalue weighted by Gasteiger charge is 2.28. The summed E-state index contributed by atoms with van der Waals surface area (Å²) in [7, 11) is 0. The van der Waals surface area contributed by atoms with E-state index in [9.17, 15) is 25.0 Å². The molecule has 9 nitrogen and oxygen atoms in total. The minimum absolute atomic E-state index is 0.0704. The molecule has 1 aromatic heterocycles. The first-order chi connectivity index (χ1) is 7.91. The molecule has 0 amide bonds. The number of aromatic nitrogens is 1. The molecule has 0 unspecified atom stereocenters. The van der Waals surface area contributed by atoms with Crippen molar-refractivity contribution >= 4 is 22.5 Å². The Morgan fingerprint density at radius 1 is 1.29 bits per heavy atom. The molecule has 0 fully saturated rings. The monoisotopic (exact) mass is 239 g/mol. The van der Waals surface area contributed by atoms with Crippen molar-refractivity contribution in [2.24, 2.45) is 0 Å². The molecule has 17 heavy (non-hydrogen) atoms. The number of oxazole rings is 1. The van der Waals surface area contributed by atoms with Crippen molar-refractivity contribution in [3.8, 4) is 0 Å². The zero-order valence-corrected chi connectivity index (χ0v) is 8.42. The Morgan fingerprint density at radius 3 is 2.47 bits per heavy atom. The van der Waals surface area contributed by atoms with Gasteiger partial charge in [-0.1, -0.05) is 0 Å². The van der Waals surface area contributed by atoms with E-state index in [0.29, 0.717) is 0 Å². The van der Waals surface area contributed by atoms with Crippen LogP contribution in [0.15, 0.2) is 15.3 Å². The highest BCUT2D eigenvalue weighted by molar-refractivity contribution is 5.87. The highest BCUT2D eigenvalue weighted by Crippen LogP contribution is 2.34. The molecule has 9 heteroatoms. The lowest BCUT2D eigenvalue weighted by atomic mass is 10.1. The fourth-order valence-corrected chi connectivity index (χ4v) is 1.56. The third kappa shape index (κ3) is 1.53. The van der Waals surface area contributed by atoms with Gasteiger partial charge in [0, 0.05) is 6.07 Å². The molecule has 1 N–H and O–H groups in total. The average molecular weight is 239 g/mol. The Kier molecular flexibility index (Phi) is 2.16. The first kappa shape index (κ1) is 10.8. The number of aromatic amines is 1. The molecule has 1 aromatic carbocycles. The van der Waals surface area contributed by atoms with Crippen LogP contribution in [-0.2, 0) is 0 Å². The number of fused-ring (bicyclic) bond motifs is 1. The molecular weight excluding hydrogens is 234 g/mol. The smallest absolute Gasteiger partial charge is 0.400 e. The SMILES string of the molecule is Cc1c([N+](=O)[O-])cc2[nH]c(=O)oc2c1[N+](=O)[O-]. The standard InChI is InChI=1S/C8H5N3O6/c1-3-5(10(13)14)2-4-7(6(3)11(15)16)17-8(12)9-4/h2H,1H3,(H,9,12). The molecule has 0 atom stereocenters. The van der Waals surface area contributed by atoms with Crippen LogP contribution in [0.1, 0.15) is 5.56 Å². The second-order valence-corrected chi connectivity index (χ2v) is 3.27. The van der Waals surface area contributed by atoms with Crippen LogP contribution in [0.2, 0.25) is 0 Å². The molecule has 1 heterocycles. The van der Waals surface area contributed by atoms with Crippen LogP contribution in [-0.4, -0.2) is 14.8 Å². The first-order valence-electron chi connectivity index (χ1n) is 4.37. The number of rotatable bonds is 2. The zero-order chi connectivity index (χ0) is 12.7. The van der Waals surface area contributed by atoms with Gasteiger partial charge in [-0.2, -0.15) is 0 Å². The molecule has 2 rings (SSSR count). The molecule has 0 aliphatic rings. The summed E-state index contributed by atoms with van der Waals surface area (Å²) in [6.45, 7) is 1.22. The summed E-state index contributed by atoms with van der Waals surface area (Å²) in [4.78, 5) is 33.0. The van der Waals surface area contributed by atoms with E-state index in [1.54, 1.807) is 0 Å². The summed E-state index contributed by atoms with van der Waals surface area (Å²) in [6, 6.07) is 1.03. The van der Waals surface area contributed by atoms with E-state index in [0.717, 1.165) is 6.07 Å². The average Bonchev–Trinajstić information content (AvgIpc) is 2.55. The van der Waals surface area contributed by atoms with Crippen LogP contribution in [0.4, 0.5) is 11.4 Å². The van der Waals surface area contributed by atoms with E-state index in [2.05, 4.69) is 9.40 Å². The van der Waals surface area contributed by atoms with Crippen LogP contribution in [0.3, 0.4) is 0 Å². The van der Waals surface area contributed by atoms with E-state index < -0.39 is 27.0 Å². The summed E-state index contributed by atoms with van der Waals surface area (Å²) in [6.07, 6.45) is 0. The van der Waals surface area contributed by atoms with Gasteiger partial charge in [0.2, 0.25) is 5.58 Å². The van der Waals surface area contributed by atoms with Gasteiger partial charge in [0.25, 0.3) is 5.69 Å². The molecular formula is C8H5N3O6. The van der Waals surface area contributed by atoms with Crippen molar-refractivity contribution in [2.75, 3.05) is 0 Å². The topological polar surface area (TPSA) is 132 Å². The van der Waals surface area contributed by atoms with E-state index in [1.807, 2.05) is 0 Å². The minimum atomic E-state index is -0.900. The van der Waals surface area contributed by atoms with Crippen molar-refractivity contribution in [3.63, 3.8) is 0 Å². The highest BCUT2D eigenvalue weighted by atomic mass is 16.6. The summed E-state index contributed by atoms with van der Waals surface area (Å²) in [5.41, 5.74) is -1.54. The molecule has 88 valence electrons. The van der Waals surface area contributed by atoms with Gasteiger partial charge in [-0.05, 0) is 6.92 Å². The summed E-state index contributed by atoms with van der Waals surface area (Å²) in [5.74, 6) is -0.900. The summed E-state index contributed by atoms with van der Waals surface area (Å²) < 4.78 is 4.60. The predicted octanol–water partition coefficient (Wildman–Crippen LogP) is 1.25. The first-order valence-corrected chi connectivity index (χ1v) is 4.37. The quantitative estimate of drug-likeness (QED) is 0.619. The Hall–Kier alpha value is -2.71. The molecule has 0 saturated heterocycles. The van der Waals surface area contributed by atoms with Crippen molar-refractivity contribution in [3.05, 3.63) is 42.4 Å². The van der Waals surface area contributed by atoms with Gasteiger partial charge < -0.3 is 4.42 Å². The van der Waals surface area contributed by atoms with E-state index in [4.69, 9.17) is 0 Å². The van der Waals surface area contributed by atoms with Gasteiger partial charge in [-0.3, -0.25) is 25.2 Å². The normalized spacial score (nSPS) is 10.6. The number of hydrogen-bond acceptors (Lipinski definition) is 6. The molecule has 0 aliphatic carbocycles.